The molecular formula is C29H29FN10O3. The summed E-state index contributed by atoms with van der Waals surface area (Å²) in [4.78, 5) is 33.7. The fourth-order valence-corrected chi connectivity index (χ4v) is 5.07. The quantitative estimate of drug-likeness (QED) is 0.267. The lowest BCUT2D eigenvalue weighted by Crippen LogP contribution is -2.57. The van der Waals surface area contributed by atoms with E-state index in [0.29, 0.717) is 47.4 Å². The van der Waals surface area contributed by atoms with E-state index in [1.807, 2.05) is 55.3 Å². The van der Waals surface area contributed by atoms with Gasteiger partial charge in [0.05, 0.1) is 24.4 Å². The van der Waals surface area contributed by atoms with Crippen LogP contribution in [0.15, 0.2) is 61.3 Å². The molecule has 2 aromatic carbocycles. The number of carbonyl (C=O) groups is 1. The largest absolute Gasteiger partial charge is 0.457 e. The van der Waals surface area contributed by atoms with Gasteiger partial charge in [-0.3, -0.25) is 4.79 Å². The molecule has 6 rings (SSSR count). The number of aromatic nitrogens is 7. The monoisotopic (exact) mass is 584 g/mol. The number of piperazine rings is 1. The third kappa shape index (κ3) is 5.64. The molecular weight excluding hydrogens is 555 g/mol. The molecule has 0 radical (unpaired) electrons. The average Bonchev–Trinajstić information content (AvgIpc) is 3.38. The van der Waals surface area contributed by atoms with Gasteiger partial charge in [0.1, 0.15) is 34.4 Å². The first-order chi connectivity index (χ1) is 20.8. The normalized spacial score (nSPS) is 15.2. The van der Waals surface area contributed by atoms with Crippen LogP contribution in [0.25, 0.3) is 22.1 Å². The van der Waals surface area contributed by atoms with Crippen molar-refractivity contribution in [2.24, 2.45) is 7.05 Å². The second-order valence-electron chi connectivity index (χ2n) is 10.2. The van der Waals surface area contributed by atoms with Gasteiger partial charge in [-0.25, -0.2) is 29.0 Å². The Morgan fingerprint density at radius 1 is 1.14 bits per heavy atom. The fourth-order valence-electron chi connectivity index (χ4n) is 5.07. The number of hydrogen-bond donors (Lipinski definition) is 1. The topological polar surface area (TPSA) is 136 Å². The highest BCUT2D eigenvalue weighted by molar-refractivity contribution is 5.91. The first kappa shape index (κ1) is 27.9. The lowest BCUT2D eigenvalue weighted by molar-refractivity contribution is -0.132. The van der Waals surface area contributed by atoms with E-state index in [1.54, 1.807) is 10.9 Å². The Morgan fingerprint density at radius 3 is 2.79 bits per heavy atom. The van der Waals surface area contributed by atoms with Gasteiger partial charge in [0.2, 0.25) is 5.95 Å². The number of anilines is 3. The Balaban J connectivity index is 1.21. The summed E-state index contributed by atoms with van der Waals surface area (Å²) < 4.78 is 26.7. The fraction of sp³-hybridized carbons (Fsp3) is 0.276. The Bertz CT molecular complexity index is 1840. The number of halogens is 1. The number of aryl methyl sites for hydroxylation is 2. The number of rotatable bonds is 8. The highest BCUT2D eigenvalue weighted by Gasteiger charge is 2.33. The smallest absolute Gasteiger partial charge is 0.282 e. The number of benzene rings is 2. The van der Waals surface area contributed by atoms with E-state index in [2.05, 4.69) is 37.2 Å². The van der Waals surface area contributed by atoms with Crippen LogP contribution in [0.3, 0.4) is 0 Å². The molecule has 3 aromatic heterocycles. The van der Waals surface area contributed by atoms with Crippen LogP contribution in [0.1, 0.15) is 5.56 Å². The number of hydrogen-bond acceptors (Lipinski definition) is 11. The van der Waals surface area contributed by atoms with Crippen LogP contribution < -0.4 is 15.0 Å². The maximum Gasteiger partial charge on any atom is 0.282 e. The second-order valence-corrected chi connectivity index (χ2v) is 10.2. The van der Waals surface area contributed by atoms with E-state index >= 15 is 0 Å². The highest BCUT2D eigenvalue weighted by atomic mass is 19.1. The molecule has 1 saturated heterocycles. The van der Waals surface area contributed by atoms with Crippen LogP contribution in [0.5, 0.6) is 11.5 Å². The van der Waals surface area contributed by atoms with E-state index in [-0.39, 0.29) is 13.2 Å². The summed E-state index contributed by atoms with van der Waals surface area (Å²) in [5.74, 6) is 0.575. The summed E-state index contributed by atoms with van der Waals surface area (Å²) in [7, 11) is 3.38. The molecule has 4 heterocycles. The molecule has 1 aliphatic heterocycles. The van der Waals surface area contributed by atoms with E-state index in [9.17, 15) is 9.18 Å². The summed E-state index contributed by atoms with van der Waals surface area (Å²) >= 11 is 0. The number of nitrogens with zero attached hydrogens (tertiary/aromatic N) is 9. The molecule has 1 N–H and O–H groups in total. The molecule has 14 heteroatoms. The molecule has 1 fully saturated rings. The molecule has 220 valence electrons. The van der Waals surface area contributed by atoms with Gasteiger partial charge in [-0.1, -0.05) is 11.8 Å². The number of ether oxygens (including phenoxy) is 2. The Morgan fingerprint density at radius 2 is 2.00 bits per heavy atom. The number of methoxy groups -OCH3 is 1. The first-order valence-electron chi connectivity index (χ1n) is 13.5. The molecule has 43 heavy (non-hydrogen) atoms. The van der Waals surface area contributed by atoms with Crippen molar-refractivity contribution in [1.82, 2.24) is 39.8 Å². The number of amides is 1. The van der Waals surface area contributed by atoms with Gasteiger partial charge in [-0.15, -0.1) is 5.10 Å². The molecule has 1 amide bonds. The maximum atomic E-state index is 13.6. The summed E-state index contributed by atoms with van der Waals surface area (Å²) in [6.07, 6.45) is 3.08. The minimum absolute atomic E-state index is 0.229. The van der Waals surface area contributed by atoms with Crippen molar-refractivity contribution in [3.63, 3.8) is 0 Å². The Labute approximate surface area is 246 Å². The molecule has 13 nitrogen and oxygen atoms in total. The van der Waals surface area contributed by atoms with E-state index in [0.717, 1.165) is 22.3 Å². The van der Waals surface area contributed by atoms with Crippen molar-refractivity contribution >= 4 is 45.4 Å². The third-order valence-electron chi connectivity index (χ3n) is 7.23. The molecule has 0 saturated carbocycles. The van der Waals surface area contributed by atoms with Crippen LogP contribution in [0.4, 0.5) is 21.8 Å². The van der Waals surface area contributed by atoms with Gasteiger partial charge in [-0.05, 0) is 42.8 Å². The summed E-state index contributed by atoms with van der Waals surface area (Å²) in [5, 5.41) is 11.5. The van der Waals surface area contributed by atoms with E-state index < -0.39 is 17.8 Å². The molecule has 5 aromatic rings. The zero-order valence-electron chi connectivity index (χ0n) is 23.9. The lowest BCUT2D eigenvalue weighted by atomic mass is 10.1. The van der Waals surface area contributed by atoms with Crippen molar-refractivity contribution in [3.05, 3.63) is 66.9 Å². The number of fused-ring (bicyclic) bond motifs is 2. The van der Waals surface area contributed by atoms with Gasteiger partial charge in [-0.2, -0.15) is 0 Å². The van der Waals surface area contributed by atoms with Crippen molar-refractivity contribution in [1.29, 1.82) is 0 Å². The number of carbonyl (C=O) groups excluding carboxylic acids is 1. The van der Waals surface area contributed by atoms with Gasteiger partial charge >= 0.3 is 0 Å². The van der Waals surface area contributed by atoms with Crippen LogP contribution in [-0.2, 0) is 16.6 Å². The minimum atomic E-state index is -0.997. The molecule has 0 spiro atoms. The predicted octanol–water partition coefficient (Wildman–Crippen LogP) is 3.69. The van der Waals surface area contributed by atoms with Crippen LogP contribution in [0.2, 0.25) is 0 Å². The maximum absolute atomic E-state index is 13.6. The molecule has 1 aliphatic rings. The third-order valence-corrected chi connectivity index (χ3v) is 7.23. The standard InChI is InChI=1S/C29H29FN10O3/c1-17-11-19(5-8-25(17)43-21-6-7-24-22(12-21)36-37-38(24)3)34-27-26-23(32-16-33-27)13-31-29(35-26)39-9-10-40(28(41)18(2)30)20(14-39)15-42-4/h5-8,11-13,16,20H,2,9-10,14-15H2,1,3-4H3,(H,32,33,34)/t20-/m0/s1. The average molecular weight is 585 g/mol. The van der Waals surface area contributed by atoms with Crippen molar-refractivity contribution < 1.29 is 18.7 Å². The van der Waals surface area contributed by atoms with Gasteiger partial charge in [0, 0.05) is 45.5 Å². The first-order valence-corrected chi connectivity index (χ1v) is 13.5. The zero-order chi connectivity index (χ0) is 30.1. The Kier molecular flexibility index (Phi) is 7.50. The van der Waals surface area contributed by atoms with Crippen LogP contribution >= 0.6 is 0 Å². The van der Waals surface area contributed by atoms with E-state index in [4.69, 9.17) is 14.5 Å². The zero-order valence-corrected chi connectivity index (χ0v) is 23.9. The van der Waals surface area contributed by atoms with Crippen molar-refractivity contribution in [2.45, 2.75) is 13.0 Å². The van der Waals surface area contributed by atoms with Crippen LogP contribution in [-0.4, -0.2) is 85.1 Å². The van der Waals surface area contributed by atoms with Gasteiger partial charge in [0.15, 0.2) is 11.6 Å². The van der Waals surface area contributed by atoms with Crippen molar-refractivity contribution in [3.8, 4) is 11.5 Å². The van der Waals surface area contributed by atoms with Gasteiger partial charge in [0.25, 0.3) is 5.91 Å². The lowest BCUT2D eigenvalue weighted by Gasteiger charge is -2.40. The van der Waals surface area contributed by atoms with E-state index in [1.165, 1.54) is 18.3 Å². The predicted molar refractivity (Wildman–Crippen MR) is 158 cm³/mol. The molecule has 0 aliphatic carbocycles. The second kappa shape index (κ2) is 11.6. The SMILES string of the molecule is C=C(F)C(=O)N1CCN(c2ncc3ncnc(Nc4ccc(Oc5ccc6c(c5)nnn6C)c(C)c4)c3n2)C[C@H]1COC. The molecule has 0 unspecified atom stereocenters. The number of nitrogens with one attached hydrogen (secondary N) is 1. The molecule has 1 atom stereocenters. The summed E-state index contributed by atoms with van der Waals surface area (Å²) in [6.45, 7) is 6.38. The highest BCUT2D eigenvalue weighted by Crippen LogP contribution is 2.31. The summed E-state index contributed by atoms with van der Waals surface area (Å²) in [5.41, 5.74) is 4.46. The minimum Gasteiger partial charge on any atom is -0.457 e. The van der Waals surface area contributed by atoms with Crippen molar-refractivity contribution in [2.75, 3.05) is 43.6 Å². The Hall–Kier alpha value is -5.24. The molecule has 0 bridgehead atoms. The van der Waals surface area contributed by atoms with Crippen LogP contribution in [0, 0.1) is 6.92 Å². The summed E-state index contributed by atoms with van der Waals surface area (Å²) in [6, 6.07) is 11.0. The van der Waals surface area contributed by atoms with Gasteiger partial charge < -0.3 is 24.6 Å².